The van der Waals surface area contributed by atoms with Crippen molar-refractivity contribution < 1.29 is 23.8 Å². The van der Waals surface area contributed by atoms with Gasteiger partial charge in [-0.15, -0.1) is 0 Å². The molecule has 0 fully saturated rings. The quantitative estimate of drug-likeness (QED) is 0.340. The van der Waals surface area contributed by atoms with Crippen molar-refractivity contribution in [3.05, 3.63) is 75.8 Å². The fraction of sp³-hybridized carbons (Fsp3) is 0.296. The van der Waals surface area contributed by atoms with E-state index in [2.05, 4.69) is 17.2 Å². The van der Waals surface area contributed by atoms with Gasteiger partial charge in [-0.3, -0.25) is 4.79 Å². The molecule has 0 spiro atoms. The fourth-order valence-electron chi connectivity index (χ4n) is 4.23. The predicted octanol–water partition coefficient (Wildman–Crippen LogP) is 2.78. The molecular formula is C27H27N2O6-. The molecule has 0 aliphatic heterocycles. The lowest BCUT2D eigenvalue weighted by Gasteiger charge is -2.20. The van der Waals surface area contributed by atoms with Crippen molar-refractivity contribution in [1.29, 1.82) is 0 Å². The summed E-state index contributed by atoms with van der Waals surface area (Å²) in [4.78, 5) is 39.4. The van der Waals surface area contributed by atoms with Crippen LogP contribution in [0.25, 0.3) is 21.9 Å². The summed E-state index contributed by atoms with van der Waals surface area (Å²) in [5.41, 5.74) is 3.14. The number of hydrogen-bond acceptors (Lipinski definition) is 6. The predicted molar refractivity (Wildman–Crippen MR) is 130 cm³/mol. The number of unbranched alkanes of at least 4 members (excludes halogenated alkanes) is 1. The Morgan fingerprint density at radius 3 is 2.71 bits per heavy atom. The Bertz CT molecular complexity index is 1430. The van der Waals surface area contributed by atoms with Crippen molar-refractivity contribution in [1.82, 2.24) is 10.3 Å². The number of nitrogens with one attached hydrogen (secondary N) is 2. The molecule has 8 nitrogen and oxygen atoms in total. The summed E-state index contributed by atoms with van der Waals surface area (Å²) in [6.45, 7) is 3.44. The van der Waals surface area contributed by atoms with E-state index in [0.29, 0.717) is 16.9 Å². The molecule has 2 aromatic carbocycles. The largest absolute Gasteiger partial charge is 0.548 e. The number of benzene rings is 2. The standard InChI is InChI=1S/C27H28N2O6/c1-3-4-7-17-13-25(31)35-26-16(2)23(11-10-20(17)26)34-15-24(30)29-22(27(32)33)12-18-14-28-21-9-6-5-8-19(18)21/h5-6,8-11,13-14,22,28H,3-4,7,12,15H2,1-2H3,(H,29,30)(H,32,33)/p-1/t22-/m0/s1. The number of aliphatic carboxylic acids is 1. The van der Waals surface area contributed by atoms with Crippen LogP contribution < -0.4 is 20.8 Å². The Labute approximate surface area is 201 Å². The van der Waals surface area contributed by atoms with Crippen molar-refractivity contribution in [3.63, 3.8) is 0 Å². The number of carboxylic acids is 1. The second-order valence-electron chi connectivity index (χ2n) is 8.55. The molecule has 2 aromatic heterocycles. The Kier molecular flexibility index (Phi) is 7.19. The van der Waals surface area contributed by atoms with Crippen LogP contribution in [0.15, 0.2) is 57.9 Å². The first-order valence-corrected chi connectivity index (χ1v) is 11.6. The second-order valence-corrected chi connectivity index (χ2v) is 8.55. The Morgan fingerprint density at radius 2 is 1.94 bits per heavy atom. The molecule has 0 radical (unpaired) electrons. The summed E-state index contributed by atoms with van der Waals surface area (Å²) in [5.74, 6) is -1.60. The van der Waals surface area contributed by atoms with E-state index in [1.165, 1.54) is 6.07 Å². The maximum Gasteiger partial charge on any atom is 0.336 e. The topological polar surface area (TPSA) is 124 Å². The van der Waals surface area contributed by atoms with Crippen LogP contribution in [0, 0.1) is 6.92 Å². The highest BCUT2D eigenvalue weighted by atomic mass is 16.5. The zero-order valence-corrected chi connectivity index (χ0v) is 19.7. The molecule has 2 N–H and O–H groups in total. The summed E-state index contributed by atoms with van der Waals surface area (Å²) in [5, 5.41) is 15.9. The third-order valence-corrected chi connectivity index (χ3v) is 6.07. The molecule has 2 heterocycles. The lowest BCUT2D eigenvalue weighted by atomic mass is 10.0. The summed E-state index contributed by atoms with van der Waals surface area (Å²) < 4.78 is 11.1. The molecular weight excluding hydrogens is 448 g/mol. The number of rotatable bonds is 10. The first-order valence-electron chi connectivity index (χ1n) is 11.6. The number of ether oxygens (including phenoxy) is 1. The molecule has 0 saturated carbocycles. The lowest BCUT2D eigenvalue weighted by molar-refractivity contribution is -0.308. The monoisotopic (exact) mass is 475 g/mol. The molecule has 4 rings (SSSR count). The summed E-state index contributed by atoms with van der Waals surface area (Å²) in [6, 6.07) is 11.3. The first kappa shape index (κ1) is 24.1. The van der Waals surface area contributed by atoms with E-state index >= 15 is 0 Å². The van der Waals surface area contributed by atoms with Gasteiger partial charge in [-0.2, -0.15) is 0 Å². The fourth-order valence-corrected chi connectivity index (χ4v) is 4.23. The number of amides is 1. The van der Waals surface area contributed by atoms with E-state index in [0.717, 1.165) is 46.7 Å². The molecule has 8 heteroatoms. The minimum absolute atomic E-state index is 0.0682. The highest BCUT2D eigenvalue weighted by Crippen LogP contribution is 2.29. The SMILES string of the molecule is CCCCc1cc(=O)oc2c(C)c(OCC(=O)N[C@@H](Cc3c[nH]c4ccccc34)C(=O)[O-])ccc12. The number of hydrogen-bond donors (Lipinski definition) is 2. The van der Waals surface area contributed by atoms with Gasteiger partial charge in [0.15, 0.2) is 6.61 Å². The van der Waals surface area contributed by atoms with Crippen molar-refractivity contribution in [3.8, 4) is 5.75 Å². The van der Waals surface area contributed by atoms with Gasteiger partial charge in [-0.05, 0) is 49.1 Å². The minimum Gasteiger partial charge on any atom is -0.548 e. The van der Waals surface area contributed by atoms with E-state index in [1.807, 2.05) is 30.3 Å². The van der Waals surface area contributed by atoms with Crippen LogP contribution in [-0.4, -0.2) is 29.5 Å². The van der Waals surface area contributed by atoms with Crippen molar-refractivity contribution >= 4 is 33.7 Å². The molecule has 0 aliphatic carbocycles. The molecule has 182 valence electrons. The summed E-state index contributed by atoms with van der Waals surface area (Å²) in [6.07, 6.45) is 4.52. The zero-order valence-electron chi connectivity index (χ0n) is 19.7. The number of aromatic nitrogens is 1. The lowest BCUT2D eigenvalue weighted by Crippen LogP contribution is -2.50. The van der Waals surface area contributed by atoms with Gasteiger partial charge in [0.25, 0.3) is 5.91 Å². The zero-order chi connectivity index (χ0) is 24.9. The number of fused-ring (bicyclic) bond motifs is 2. The van der Waals surface area contributed by atoms with Crippen LogP contribution in [0.4, 0.5) is 0 Å². The Hall–Kier alpha value is -4.07. The van der Waals surface area contributed by atoms with Crippen molar-refractivity contribution in [2.45, 2.75) is 45.6 Å². The number of H-pyrrole nitrogens is 1. The van der Waals surface area contributed by atoms with E-state index in [9.17, 15) is 19.5 Å². The van der Waals surface area contributed by atoms with Gasteiger partial charge in [0.1, 0.15) is 11.3 Å². The third-order valence-electron chi connectivity index (χ3n) is 6.07. The smallest absolute Gasteiger partial charge is 0.336 e. The van der Waals surface area contributed by atoms with Gasteiger partial charge >= 0.3 is 5.63 Å². The number of aryl methyl sites for hydroxylation is 2. The summed E-state index contributed by atoms with van der Waals surface area (Å²) >= 11 is 0. The molecule has 1 amide bonds. The summed E-state index contributed by atoms with van der Waals surface area (Å²) in [7, 11) is 0. The van der Waals surface area contributed by atoms with Gasteiger partial charge in [0.2, 0.25) is 0 Å². The Morgan fingerprint density at radius 1 is 1.14 bits per heavy atom. The molecule has 0 aliphatic rings. The van der Waals surface area contributed by atoms with Gasteiger partial charge in [-0.25, -0.2) is 4.79 Å². The normalized spacial score (nSPS) is 12.1. The van der Waals surface area contributed by atoms with Crippen LogP contribution in [0.5, 0.6) is 5.75 Å². The molecule has 4 aromatic rings. The molecule has 0 unspecified atom stereocenters. The van der Waals surface area contributed by atoms with Crippen molar-refractivity contribution in [2.75, 3.05) is 6.61 Å². The highest BCUT2D eigenvalue weighted by molar-refractivity contribution is 5.87. The van der Waals surface area contributed by atoms with E-state index < -0.39 is 30.2 Å². The number of carbonyl (C=O) groups is 2. The maximum absolute atomic E-state index is 12.5. The van der Waals surface area contributed by atoms with Crippen LogP contribution in [0.1, 0.15) is 36.5 Å². The second kappa shape index (κ2) is 10.5. The average molecular weight is 476 g/mol. The number of aromatic amines is 1. The van der Waals surface area contributed by atoms with E-state index in [1.54, 1.807) is 19.2 Å². The molecule has 1 atom stereocenters. The Balaban J connectivity index is 1.46. The van der Waals surface area contributed by atoms with E-state index in [4.69, 9.17) is 9.15 Å². The van der Waals surface area contributed by atoms with Gasteiger partial charge in [0, 0.05) is 40.5 Å². The molecule has 0 bridgehead atoms. The van der Waals surface area contributed by atoms with Crippen LogP contribution >= 0.6 is 0 Å². The van der Waals surface area contributed by atoms with Gasteiger partial charge in [-0.1, -0.05) is 31.5 Å². The maximum atomic E-state index is 12.5. The van der Waals surface area contributed by atoms with E-state index in [-0.39, 0.29) is 6.42 Å². The van der Waals surface area contributed by atoms with Crippen LogP contribution in [0.2, 0.25) is 0 Å². The van der Waals surface area contributed by atoms with Gasteiger partial charge < -0.3 is 29.4 Å². The van der Waals surface area contributed by atoms with Crippen molar-refractivity contribution in [2.24, 2.45) is 0 Å². The number of para-hydroxylation sites is 1. The number of carbonyl (C=O) groups excluding carboxylic acids is 2. The van der Waals surface area contributed by atoms with Crippen LogP contribution in [-0.2, 0) is 22.4 Å². The van der Waals surface area contributed by atoms with Crippen LogP contribution in [0.3, 0.4) is 0 Å². The molecule has 35 heavy (non-hydrogen) atoms. The highest BCUT2D eigenvalue weighted by Gasteiger charge is 2.18. The minimum atomic E-state index is -1.38. The average Bonchev–Trinajstić information content (AvgIpc) is 3.25. The number of carboxylic acid groups (broad SMARTS) is 1. The first-order chi connectivity index (χ1) is 16.9. The molecule has 0 saturated heterocycles. The van der Waals surface area contributed by atoms with Gasteiger partial charge in [0.05, 0.1) is 12.0 Å². The third kappa shape index (κ3) is 5.37.